The number of rotatable bonds is 3. The van der Waals surface area contributed by atoms with E-state index < -0.39 is 6.10 Å². The van der Waals surface area contributed by atoms with Gasteiger partial charge < -0.3 is 9.47 Å². The smallest absolute Gasteiger partial charge is 0.291 e. The van der Waals surface area contributed by atoms with Gasteiger partial charge >= 0.3 is 0 Å². The predicted octanol–water partition coefficient (Wildman–Crippen LogP) is 3.82. The van der Waals surface area contributed by atoms with E-state index in [0.717, 1.165) is 10.4 Å². The third-order valence-corrected chi connectivity index (χ3v) is 4.18. The van der Waals surface area contributed by atoms with E-state index in [1.807, 2.05) is 18.4 Å². The Morgan fingerprint density at radius 2 is 2.24 bits per heavy atom. The highest BCUT2D eigenvalue weighted by atomic mass is 32.1. The molecule has 1 aliphatic heterocycles. The number of thiophene rings is 1. The Balaban J connectivity index is 2.13. The maximum Gasteiger partial charge on any atom is 0.291 e. The number of aryl methyl sites for hydroxylation is 1. The zero-order valence-electron chi connectivity index (χ0n) is 11.5. The first-order valence-corrected chi connectivity index (χ1v) is 7.23. The molecule has 21 heavy (non-hydrogen) atoms. The highest BCUT2D eigenvalue weighted by Crippen LogP contribution is 2.43. The van der Waals surface area contributed by atoms with Gasteiger partial charge in [0.05, 0.1) is 12.0 Å². The molecule has 1 aromatic carbocycles. The van der Waals surface area contributed by atoms with Crippen LogP contribution in [0.3, 0.4) is 0 Å². The molecule has 0 saturated carbocycles. The van der Waals surface area contributed by atoms with Gasteiger partial charge in [-0.2, -0.15) is 0 Å². The second kappa shape index (κ2) is 5.21. The lowest BCUT2D eigenvalue weighted by molar-refractivity contribution is -0.434. The van der Waals surface area contributed by atoms with Gasteiger partial charge in [0.1, 0.15) is 0 Å². The molecule has 1 unspecified atom stereocenters. The topological polar surface area (TPSA) is 61.6 Å². The average Bonchev–Trinajstić information content (AvgIpc) is 2.91. The molecule has 1 atom stereocenters. The molecule has 5 nitrogen and oxygen atoms in total. The zero-order valence-corrected chi connectivity index (χ0v) is 12.3. The van der Waals surface area contributed by atoms with Gasteiger partial charge in [0, 0.05) is 22.1 Å². The summed E-state index contributed by atoms with van der Waals surface area (Å²) < 4.78 is 11.2. The summed E-state index contributed by atoms with van der Waals surface area (Å²) in [5.41, 5.74) is 1.48. The fourth-order valence-corrected chi connectivity index (χ4v) is 3.05. The molecule has 1 aliphatic rings. The Hall–Kier alpha value is -2.34. The summed E-state index contributed by atoms with van der Waals surface area (Å²) in [4.78, 5) is 12.0. The molecule has 1 aromatic heterocycles. The third-order valence-electron chi connectivity index (χ3n) is 3.30. The van der Waals surface area contributed by atoms with Crippen LogP contribution >= 0.6 is 11.3 Å². The summed E-state index contributed by atoms with van der Waals surface area (Å²) in [6.07, 6.45) is 0.840. The second-order valence-corrected chi connectivity index (χ2v) is 5.81. The number of fused-ring (bicyclic) bond motifs is 1. The maximum atomic E-state index is 11.3. The van der Waals surface area contributed by atoms with Crippen LogP contribution in [-0.2, 0) is 0 Å². The van der Waals surface area contributed by atoms with Crippen molar-refractivity contribution >= 4 is 17.4 Å². The number of para-hydroxylation sites is 1. The monoisotopic (exact) mass is 303 g/mol. The molecular weight excluding hydrogens is 290 g/mol. The largest absolute Gasteiger partial charge is 0.493 e. The molecule has 2 heterocycles. The summed E-state index contributed by atoms with van der Waals surface area (Å²) in [7, 11) is 1.55. The molecule has 108 valence electrons. The number of methoxy groups -OCH3 is 1. The number of hydrogen-bond donors (Lipinski definition) is 0. The summed E-state index contributed by atoms with van der Waals surface area (Å²) in [5.74, 6) is 1.11. The average molecular weight is 303 g/mol. The molecule has 0 fully saturated rings. The second-order valence-electron chi connectivity index (χ2n) is 4.69. The molecular formula is C15H13NO4S. The first-order chi connectivity index (χ1) is 10.1. The van der Waals surface area contributed by atoms with Crippen LogP contribution < -0.4 is 9.47 Å². The normalized spacial score (nSPS) is 16.7. The third kappa shape index (κ3) is 2.38. The molecule has 0 N–H and O–H groups in total. The van der Waals surface area contributed by atoms with Crippen molar-refractivity contribution < 1.29 is 14.4 Å². The Morgan fingerprint density at radius 3 is 2.86 bits per heavy atom. The van der Waals surface area contributed by atoms with Gasteiger partial charge in [-0.1, -0.05) is 12.1 Å². The van der Waals surface area contributed by atoms with Crippen molar-refractivity contribution in [2.45, 2.75) is 13.0 Å². The Kier molecular flexibility index (Phi) is 3.39. The SMILES string of the molecule is COc1cccc2c1OC(c1csc(C)c1)C([N+](=O)[O-])=C2. The highest BCUT2D eigenvalue weighted by molar-refractivity contribution is 7.10. The van der Waals surface area contributed by atoms with E-state index in [1.165, 1.54) is 0 Å². The van der Waals surface area contributed by atoms with Gasteiger partial charge in [-0.05, 0) is 24.4 Å². The zero-order chi connectivity index (χ0) is 15.0. The van der Waals surface area contributed by atoms with Gasteiger partial charge in [-0.3, -0.25) is 10.1 Å². The van der Waals surface area contributed by atoms with Crippen LogP contribution in [0.1, 0.15) is 22.1 Å². The minimum atomic E-state index is -0.714. The molecule has 2 aromatic rings. The summed E-state index contributed by atoms with van der Waals surface area (Å²) in [5, 5.41) is 13.2. The van der Waals surface area contributed by atoms with Crippen molar-refractivity contribution in [1.82, 2.24) is 0 Å². The summed E-state index contributed by atoms with van der Waals surface area (Å²) in [6, 6.07) is 7.24. The summed E-state index contributed by atoms with van der Waals surface area (Å²) in [6.45, 7) is 1.96. The van der Waals surface area contributed by atoms with Gasteiger partial charge in [0.25, 0.3) is 5.70 Å². The van der Waals surface area contributed by atoms with Gasteiger partial charge in [-0.25, -0.2) is 0 Å². The van der Waals surface area contributed by atoms with Crippen molar-refractivity contribution in [3.63, 3.8) is 0 Å². The van der Waals surface area contributed by atoms with E-state index in [0.29, 0.717) is 17.1 Å². The Bertz CT molecular complexity index is 735. The fourth-order valence-electron chi connectivity index (χ4n) is 2.34. The van der Waals surface area contributed by atoms with Crippen LogP contribution in [0.5, 0.6) is 11.5 Å². The Morgan fingerprint density at radius 1 is 1.43 bits per heavy atom. The first-order valence-electron chi connectivity index (χ1n) is 6.35. The number of hydrogen-bond acceptors (Lipinski definition) is 5. The van der Waals surface area contributed by atoms with E-state index >= 15 is 0 Å². The molecule has 0 saturated heterocycles. The molecule has 0 aliphatic carbocycles. The van der Waals surface area contributed by atoms with E-state index in [9.17, 15) is 10.1 Å². The summed E-state index contributed by atoms with van der Waals surface area (Å²) >= 11 is 1.54. The van der Waals surface area contributed by atoms with Crippen LogP contribution in [0.25, 0.3) is 6.08 Å². The number of benzene rings is 1. The van der Waals surface area contributed by atoms with Crippen molar-refractivity contribution in [2.75, 3.05) is 7.11 Å². The molecule has 0 bridgehead atoms. The van der Waals surface area contributed by atoms with E-state index in [-0.39, 0.29) is 10.6 Å². The predicted molar refractivity (Wildman–Crippen MR) is 80.4 cm³/mol. The minimum absolute atomic E-state index is 0.0357. The van der Waals surface area contributed by atoms with Crippen LogP contribution in [0.15, 0.2) is 35.3 Å². The molecule has 3 rings (SSSR count). The fraction of sp³-hybridized carbons (Fsp3) is 0.200. The quantitative estimate of drug-likeness (QED) is 0.639. The Labute approximate surface area is 125 Å². The number of nitrogens with zero attached hydrogens (tertiary/aromatic N) is 1. The van der Waals surface area contributed by atoms with E-state index in [2.05, 4.69) is 0 Å². The molecule has 6 heteroatoms. The standard InChI is InChI=1S/C15H13NO4S/c1-9-6-11(8-21-9)14-12(16(17)18)7-10-4-3-5-13(19-2)15(10)20-14/h3-8,14H,1-2H3. The van der Waals surface area contributed by atoms with Crippen molar-refractivity contribution in [2.24, 2.45) is 0 Å². The minimum Gasteiger partial charge on any atom is -0.493 e. The van der Waals surface area contributed by atoms with Crippen LogP contribution in [0.2, 0.25) is 0 Å². The van der Waals surface area contributed by atoms with Crippen LogP contribution in [0, 0.1) is 17.0 Å². The van der Waals surface area contributed by atoms with Crippen molar-refractivity contribution in [3.8, 4) is 11.5 Å². The lowest BCUT2D eigenvalue weighted by Crippen LogP contribution is -2.19. The molecule has 0 spiro atoms. The van der Waals surface area contributed by atoms with Gasteiger partial charge in [0.2, 0.25) is 6.10 Å². The lowest BCUT2D eigenvalue weighted by atomic mass is 10.0. The van der Waals surface area contributed by atoms with Gasteiger partial charge in [0.15, 0.2) is 11.5 Å². The van der Waals surface area contributed by atoms with E-state index in [4.69, 9.17) is 9.47 Å². The van der Waals surface area contributed by atoms with Crippen molar-refractivity contribution in [1.29, 1.82) is 0 Å². The first kappa shape index (κ1) is 13.6. The van der Waals surface area contributed by atoms with Crippen molar-refractivity contribution in [3.05, 3.63) is 61.5 Å². The number of nitro groups is 1. The lowest BCUT2D eigenvalue weighted by Gasteiger charge is -2.23. The van der Waals surface area contributed by atoms with Gasteiger partial charge in [-0.15, -0.1) is 11.3 Å². The van der Waals surface area contributed by atoms with Crippen LogP contribution in [0.4, 0.5) is 0 Å². The molecule has 0 radical (unpaired) electrons. The van der Waals surface area contributed by atoms with Crippen LogP contribution in [-0.4, -0.2) is 12.0 Å². The number of ether oxygens (including phenoxy) is 2. The van der Waals surface area contributed by atoms with E-state index in [1.54, 1.807) is 42.7 Å². The molecule has 0 amide bonds. The highest BCUT2D eigenvalue weighted by Gasteiger charge is 2.34. The maximum absolute atomic E-state index is 11.3.